The number of carbonyl (C=O) groups excluding carboxylic acids is 1. The summed E-state index contributed by atoms with van der Waals surface area (Å²) in [4.78, 5) is 12.3. The lowest BCUT2D eigenvalue weighted by atomic mass is 10.0. The van der Waals surface area contributed by atoms with Gasteiger partial charge in [-0.25, -0.2) is 0 Å². The Balaban J connectivity index is 2.40. The lowest BCUT2D eigenvalue weighted by molar-refractivity contribution is 0.103. The molecule has 2 rings (SSSR count). The Labute approximate surface area is 115 Å². The third-order valence-electron chi connectivity index (χ3n) is 2.92. The van der Waals surface area contributed by atoms with E-state index < -0.39 is 0 Å². The highest BCUT2D eigenvalue weighted by molar-refractivity contribution is 9.10. The molecule has 0 bridgehead atoms. The Morgan fingerprint density at radius 1 is 1.28 bits per heavy atom. The molecule has 0 atom stereocenters. The van der Waals surface area contributed by atoms with Gasteiger partial charge in [0.05, 0.1) is 11.8 Å². The predicted octanol–water partition coefficient (Wildman–Crippen LogP) is 3.51. The first-order chi connectivity index (χ1) is 8.52. The van der Waals surface area contributed by atoms with E-state index in [9.17, 15) is 4.79 Å². The topological polar surface area (TPSA) is 34.9 Å². The fraction of sp³-hybridized carbons (Fsp3) is 0.286. The number of ketones is 1. The molecule has 1 heterocycles. The molecule has 4 heteroatoms. The van der Waals surface area contributed by atoms with Gasteiger partial charge < -0.3 is 0 Å². The summed E-state index contributed by atoms with van der Waals surface area (Å²) < 4.78 is 2.81. The second-order valence-corrected chi connectivity index (χ2v) is 5.13. The van der Waals surface area contributed by atoms with Crippen molar-refractivity contribution in [1.29, 1.82) is 0 Å². The molecule has 2 aromatic rings. The molecule has 0 radical (unpaired) electrons. The van der Waals surface area contributed by atoms with Crippen LogP contribution in [0, 0.1) is 13.8 Å². The van der Waals surface area contributed by atoms with E-state index in [1.807, 2.05) is 32.9 Å². The molecule has 0 saturated carbocycles. The highest BCUT2D eigenvalue weighted by Gasteiger charge is 2.13. The van der Waals surface area contributed by atoms with E-state index >= 15 is 0 Å². The van der Waals surface area contributed by atoms with Crippen LogP contribution in [0.1, 0.15) is 34.0 Å². The quantitative estimate of drug-likeness (QED) is 0.813. The molecule has 0 aliphatic rings. The number of aromatic nitrogens is 2. The number of hydrogen-bond acceptors (Lipinski definition) is 2. The zero-order valence-corrected chi connectivity index (χ0v) is 12.3. The van der Waals surface area contributed by atoms with Gasteiger partial charge in [0.25, 0.3) is 0 Å². The number of hydrogen-bond donors (Lipinski definition) is 0. The minimum Gasteiger partial charge on any atom is -0.288 e. The first-order valence-electron chi connectivity index (χ1n) is 5.86. The van der Waals surface area contributed by atoms with Crippen molar-refractivity contribution in [2.24, 2.45) is 0 Å². The van der Waals surface area contributed by atoms with Gasteiger partial charge in [-0.15, -0.1) is 0 Å². The number of halogens is 1. The monoisotopic (exact) mass is 306 g/mol. The van der Waals surface area contributed by atoms with Crippen LogP contribution in [0.15, 0.2) is 29.0 Å². The van der Waals surface area contributed by atoms with Gasteiger partial charge in [0.15, 0.2) is 5.78 Å². The van der Waals surface area contributed by atoms with Gasteiger partial charge in [0.2, 0.25) is 0 Å². The third kappa shape index (κ3) is 2.38. The molecule has 0 aliphatic carbocycles. The van der Waals surface area contributed by atoms with Gasteiger partial charge in [-0.2, -0.15) is 5.10 Å². The Kier molecular flexibility index (Phi) is 3.66. The molecule has 18 heavy (non-hydrogen) atoms. The van der Waals surface area contributed by atoms with Crippen LogP contribution >= 0.6 is 15.9 Å². The second kappa shape index (κ2) is 5.06. The maximum Gasteiger partial charge on any atom is 0.196 e. The summed E-state index contributed by atoms with van der Waals surface area (Å²) in [5.74, 6) is 0.0217. The minimum absolute atomic E-state index is 0.0217. The average molecular weight is 307 g/mol. The summed E-state index contributed by atoms with van der Waals surface area (Å²) in [6.45, 7) is 6.74. The molecular weight excluding hydrogens is 292 g/mol. The predicted molar refractivity (Wildman–Crippen MR) is 74.9 cm³/mol. The van der Waals surface area contributed by atoms with Crippen LogP contribution in [0.2, 0.25) is 0 Å². The summed E-state index contributed by atoms with van der Waals surface area (Å²) in [7, 11) is 0. The average Bonchev–Trinajstić information content (AvgIpc) is 2.83. The number of aryl methyl sites for hydroxylation is 3. The molecule has 0 spiro atoms. The lowest BCUT2D eigenvalue weighted by Gasteiger charge is -2.06. The molecular formula is C14H15BrN2O. The van der Waals surface area contributed by atoms with Gasteiger partial charge in [-0.1, -0.05) is 15.9 Å². The van der Waals surface area contributed by atoms with Gasteiger partial charge in [-0.3, -0.25) is 9.48 Å². The van der Waals surface area contributed by atoms with E-state index in [0.717, 1.165) is 22.1 Å². The molecule has 3 nitrogen and oxygen atoms in total. The van der Waals surface area contributed by atoms with Gasteiger partial charge in [-0.05, 0) is 44.0 Å². The highest BCUT2D eigenvalue weighted by atomic mass is 79.9. The van der Waals surface area contributed by atoms with Crippen LogP contribution < -0.4 is 0 Å². The number of benzene rings is 1. The Morgan fingerprint density at radius 3 is 2.39 bits per heavy atom. The van der Waals surface area contributed by atoms with E-state index in [-0.39, 0.29) is 5.78 Å². The van der Waals surface area contributed by atoms with E-state index in [0.29, 0.717) is 11.1 Å². The van der Waals surface area contributed by atoms with Crippen LogP contribution in [0.5, 0.6) is 0 Å². The molecule has 0 unspecified atom stereocenters. The van der Waals surface area contributed by atoms with Crippen molar-refractivity contribution >= 4 is 21.7 Å². The summed E-state index contributed by atoms with van der Waals surface area (Å²) in [6, 6.07) is 3.81. The number of nitrogens with zero attached hydrogens (tertiary/aromatic N) is 2. The first kappa shape index (κ1) is 13.0. The fourth-order valence-electron chi connectivity index (χ4n) is 1.90. The van der Waals surface area contributed by atoms with Gasteiger partial charge in [0, 0.05) is 22.8 Å². The van der Waals surface area contributed by atoms with Gasteiger partial charge >= 0.3 is 0 Å². The fourth-order valence-corrected chi connectivity index (χ4v) is 2.13. The van der Waals surface area contributed by atoms with Crippen molar-refractivity contribution < 1.29 is 4.79 Å². The first-order valence-corrected chi connectivity index (χ1v) is 6.66. The molecule has 94 valence electrons. The second-order valence-electron chi connectivity index (χ2n) is 4.34. The van der Waals surface area contributed by atoms with Crippen LogP contribution in [-0.4, -0.2) is 15.6 Å². The zero-order chi connectivity index (χ0) is 13.3. The van der Waals surface area contributed by atoms with Crippen molar-refractivity contribution in [3.05, 3.63) is 51.3 Å². The summed E-state index contributed by atoms with van der Waals surface area (Å²) >= 11 is 3.51. The Morgan fingerprint density at radius 2 is 1.89 bits per heavy atom. The maximum atomic E-state index is 12.3. The molecule has 1 aromatic heterocycles. The molecule has 0 aliphatic heterocycles. The van der Waals surface area contributed by atoms with Crippen molar-refractivity contribution in [2.45, 2.75) is 27.3 Å². The van der Waals surface area contributed by atoms with E-state index in [2.05, 4.69) is 21.0 Å². The van der Waals surface area contributed by atoms with Crippen LogP contribution in [0.3, 0.4) is 0 Å². The Bertz CT molecular complexity index is 579. The normalized spacial score (nSPS) is 10.7. The standard InChI is InChI=1S/C14H15BrN2O/c1-4-17-8-12(7-16-17)14(18)11-5-9(2)13(15)10(3)6-11/h5-8H,4H2,1-3H3. The Hall–Kier alpha value is -1.42. The van der Waals surface area contributed by atoms with Crippen LogP contribution in [-0.2, 0) is 6.54 Å². The van der Waals surface area contributed by atoms with Crippen molar-refractivity contribution in [2.75, 3.05) is 0 Å². The molecule has 0 amide bonds. The minimum atomic E-state index is 0.0217. The smallest absolute Gasteiger partial charge is 0.196 e. The number of rotatable bonds is 3. The largest absolute Gasteiger partial charge is 0.288 e. The summed E-state index contributed by atoms with van der Waals surface area (Å²) in [5.41, 5.74) is 3.49. The molecule has 0 N–H and O–H groups in total. The van der Waals surface area contributed by atoms with E-state index in [1.54, 1.807) is 17.1 Å². The van der Waals surface area contributed by atoms with Crippen LogP contribution in [0.4, 0.5) is 0 Å². The SMILES string of the molecule is CCn1cc(C(=O)c2cc(C)c(Br)c(C)c2)cn1. The van der Waals surface area contributed by atoms with Gasteiger partial charge in [0.1, 0.15) is 0 Å². The summed E-state index contributed by atoms with van der Waals surface area (Å²) in [6.07, 6.45) is 3.41. The number of carbonyl (C=O) groups is 1. The molecule has 0 saturated heterocycles. The lowest BCUT2D eigenvalue weighted by Crippen LogP contribution is -2.02. The summed E-state index contributed by atoms with van der Waals surface area (Å²) in [5, 5.41) is 4.13. The maximum absolute atomic E-state index is 12.3. The van der Waals surface area contributed by atoms with Crippen molar-refractivity contribution in [3.8, 4) is 0 Å². The van der Waals surface area contributed by atoms with Crippen LogP contribution in [0.25, 0.3) is 0 Å². The highest BCUT2D eigenvalue weighted by Crippen LogP contribution is 2.23. The van der Waals surface area contributed by atoms with E-state index in [4.69, 9.17) is 0 Å². The third-order valence-corrected chi connectivity index (χ3v) is 4.17. The zero-order valence-electron chi connectivity index (χ0n) is 10.7. The van der Waals surface area contributed by atoms with E-state index in [1.165, 1.54) is 0 Å². The van der Waals surface area contributed by atoms with Crippen molar-refractivity contribution in [3.63, 3.8) is 0 Å². The molecule has 1 aromatic carbocycles. The molecule has 0 fully saturated rings. The van der Waals surface area contributed by atoms with Crippen molar-refractivity contribution in [1.82, 2.24) is 9.78 Å².